The quantitative estimate of drug-likeness (QED) is 0.358. The van der Waals surface area contributed by atoms with Crippen LogP contribution in [0, 0.1) is 6.57 Å². The minimum Gasteiger partial charge on any atom is -0.380 e. The molecule has 1 amide bonds. The van der Waals surface area contributed by atoms with E-state index in [1.54, 1.807) is 6.20 Å². The molecule has 1 aromatic carbocycles. The van der Waals surface area contributed by atoms with Gasteiger partial charge in [0.2, 0.25) is 11.6 Å². The number of nitrogens with one attached hydrogen (secondary N) is 1. The lowest BCUT2D eigenvalue weighted by Gasteiger charge is -2.42. The van der Waals surface area contributed by atoms with Crippen molar-refractivity contribution in [3.63, 3.8) is 0 Å². The highest BCUT2D eigenvalue weighted by Gasteiger charge is 2.43. The number of hydrogen-bond acceptors (Lipinski definition) is 4. The number of halogens is 3. The van der Waals surface area contributed by atoms with Crippen LogP contribution >= 0.6 is 0 Å². The maximum Gasteiger partial charge on any atom is 0.415 e. The summed E-state index contributed by atoms with van der Waals surface area (Å²) in [6, 6.07) is 11.0. The number of anilines is 1. The normalized spacial score (nSPS) is 15.3. The van der Waals surface area contributed by atoms with Gasteiger partial charge in [-0.1, -0.05) is 12.1 Å². The number of amides is 1. The number of carbonyl (C=O) groups is 1. The van der Waals surface area contributed by atoms with Crippen LogP contribution in [-0.4, -0.2) is 41.6 Å². The molecule has 0 atom stereocenters. The van der Waals surface area contributed by atoms with Crippen LogP contribution in [0.4, 0.5) is 24.5 Å². The monoisotopic (exact) mass is 510 g/mol. The fourth-order valence-corrected chi connectivity index (χ4v) is 4.86. The van der Waals surface area contributed by atoms with Crippen molar-refractivity contribution in [2.45, 2.75) is 30.9 Å². The fraction of sp³-hybridized carbons (Fsp3) is 0.370. The summed E-state index contributed by atoms with van der Waals surface area (Å²) in [7, 11) is 1.94. The Morgan fingerprint density at radius 1 is 1.22 bits per heavy atom. The van der Waals surface area contributed by atoms with E-state index in [0.717, 1.165) is 29.1 Å². The molecule has 10 heteroatoms. The predicted octanol–water partition coefficient (Wildman–Crippen LogP) is 4.66. The zero-order valence-electron chi connectivity index (χ0n) is 20.6. The van der Waals surface area contributed by atoms with Crippen LogP contribution in [0.1, 0.15) is 30.4 Å². The summed E-state index contributed by atoms with van der Waals surface area (Å²) in [4.78, 5) is 23.4. The average Bonchev–Trinajstić information content (AvgIpc) is 3.33. The van der Waals surface area contributed by atoms with E-state index < -0.39 is 17.2 Å². The zero-order valence-corrected chi connectivity index (χ0v) is 20.6. The lowest BCUT2D eigenvalue weighted by molar-refractivity contribution is -0.137. The second-order valence-corrected chi connectivity index (χ2v) is 9.22. The summed E-state index contributed by atoms with van der Waals surface area (Å²) in [6.07, 6.45) is 0.652. The molecule has 194 valence electrons. The van der Waals surface area contributed by atoms with Crippen LogP contribution in [0.3, 0.4) is 0 Å². The van der Waals surface area contributed by atoms with Crippen molar-refractivity contribution in [2.24, 2.45) is 12.8 Å². The third-order valence-corrected chi connectivity index (χ3v) is 7.00. The lowest BCUT2D eigenvalue weighted by Crippen LogP contribution is -2.52. The molecule has 37 heavy (non-hydrogen) atoms. The molecule has 7 nitrogen and oxygen atoms in total. The number of carbonyl (C=O) groups excluding carboxylic acids is 1. The Kier molecular flexibility index (Phi) is 7.55. The van der Waals surface area contributed by atoms with E-state index in [2.05, 4.69) is 15.1 Å². The highest BCUT2D eigenvalue weighted by Crippen LogP contribution is 2.41. The lowest BCUT2D eigenvalue weighted by atomic mass is 9.72. The van der Waals surface area contributed by atoms with Gasteiger partial charge in [0.15, 0.2) is 0 Å². The van der Waals surface area contributed by atoms with Gasteiger partial charge < -0.3 is 20.5 Å². The van der Waals surface area contributed by atoms with Crippen molar-refractivity contribution < 1.29 is 18.0 Å². The number of benzene rings is 1. The number of hydrogen-bond donors (Lipinski definition) is 2. The van der Waals surface area contributed by atoms with Gasteiger partial charge in [-0.3, -0.25) is 9.78 Å². The second kappa shape index (κ2) is 10.6. The average molecular weight is 511 g/mol. The Morgan fingerprint density at radius 3 is 2.54 bits per heavy atom. The zero-order chi connectivity index (χ0) is 26.6. The molecule has 0 radical (unpaired) electrons. The highest BCUT2D eigenvalue weighted by molar-refractivity contribution is 5.89. The molecule has 0 saturated carbocycles. The first-order valence-electron chi connectivity index (χ1n) is 12.1. The van der Waals surface area contributed by atoms with Crippen LogP contribution < -0.4 is 16.0 Å². The first-order valence-corrected chi connectivity index (χ1v) is 12.1. The molecule has 0 bridgehead atoms. The molecule has 0 spiro atoms. The van der Waals surface area contributed by atoms with E-state index in [1.807, 2.05) is 47.0 Å². The van der Waals surface area contributed by atoms with E-state index in [-0.39, 0.29) is 11.6 Å². The summed E-state index contributed by atoms with van der Waals surface area (Å²) >= 11 is 0. The summed E-state index contributed by atoms with van der Waals surface area (Å²) < 4.78 is 41.4. The molecule has 3 heterocycles. The van der Waals surface area contributed by atoms with E-state index >= 15 is 0 Å². The Labute approximate surface area is 213 Å². The largest absolute Gasteiger partial charge is 0.415 e. The van der Waals surface area contributed by atoms with Crippen molar-refractivity contribution >= 4 is 17.3 Å². The Balaban J connectivity index is 1.61. The third kappa shape index (κ3) is 5.32. The smallest absolute Gasteiger partial charge is 0.380 e. The molecule has 0 unspecified atom stereocenters. The number of pyridine rings is 1. The molecule has 2 aromatic heterocycles. The Morgan fingerprint density at radius 2 is 1.97 bits per heavy atom. The van der Waals surface area contributed by atoms with E-state index in [1.165, 1.54) is 6.07 Å². The van der Waals surface area contributed by atoms with Gasteiger partial charge >= 0.3 is 6.18 Å². The van der Waals surface area contributed by atoms with Crippen molar-refractivity contribution in [1.82, 2.24) is 14.9 Å². The van der Waals surface area contributed by atoms with Crippen molar-refractivity contribution in [1.29, 1.82) is 0 Å². The molecule has 4 rings (SSSR count). The number of aryl methyl sites for hydroxylation is 1. The van der Waals surface area contributed by atoms with E-state index in [0.29, 0.717) is 51.1 Å². The Hall–Kier alpha value is -3.84. The van der Waals surface area contributed by atoms with Gasteiger partial charge in [0.1, 0.15) is 0 Å². The molecular weight excluding hydrogens is 481 g/mol. The number of nitrogens with two attached hydrogens (primary N) is 1. The van der Waals surface area contributed by atoms with Crippen LogP contribution in [0.15, 0.2) is 54.9 Å². The van der Waals surface area contributed by atoms with Crippen molar-refractivity contribution in [3.05, 3.63) is 77.4 Å². The van der Waals surface area contributed by atoms with Gasteiger partial charge in [-0.05, 0) is 61.7 Å². The molecule has 1 fully saturated rings. The van der Waals surface area contributed by atoms with Crippen LogP contribution in [0.25, 0.3) is 16.2 Å². The summed E-state index contributed by atoms with van der Waals surface area (Å²) in [6.45, 7) is 9.14. The van der Waals surface area contributed by atoms with Crippen LogP contribution in [0.2, 0.25) is 0 Å². The maximum atomic E-state index is 13.5. The van der Waals surface area contributed by atoms with Crippen molar-refractivity contribution in [3.8, 4) is 11.4 Å². The summed E-state index contributed by atoms with van der Waals surface area (Å²) in [5.41, 5.74) is 6.81. The number of piperidine rings is 1. The van der Waals surface area contributed by atoms with Gasteiger partial charge in [-0.25, -0.2) is 4.85 Å². The fourth-order valence-electron chi connectivity index (χ4n) is 4.86. The number of alkyl halides is 3. The van der Waals surface area contributed by atoms with Gasteiger partial charge in [0.25, 0.3) is 0 Å². The van der Waals surface area contributed by atoms with Crippen LogP contribution in [0.5, 0.6) is 0 Å². The first-order chi connectivity index (χ1) is 17.7. The van der Waals surface area contributed by atoms with Gasteiger partial charge in [0, 0.05) is 50.3 Å². The summed E-state index contributed by atoms with van der Waals surface area (Å²) in [5, 5.41) is 3.00. The van der Waals surface area contributed by atoms with E-state index in [4.69, 9.17) is 12.3 Å². The van der Waals surface area contributed by atoms with Gasteiger partial charge in [-0.15, -0.1) is 0 Å². The molecule has 1 aliphatic heterocycles. The summed E-state index contributed by atoms with van der Waals surface area (Å²) in [5.74, 6) is -0.119. The molecular formula is C27H29F3N6O. The molecule has 3 aromatic rings. The third-order valence-electron chi connectivity index (χ3n) is 7.00. The van der Waals surface area contributed by atoms with Crippen molar-refractivity contribution in [2.75, 3.05) is 31.1 Å². The number of rotatable bonds is 7. The molecule has 1 saturated heterocycles. The SMILES string of the molecule is [C-]#[N+]c1cc(C(F)(F)F)ccc1N1CCC(C(=O)NCCCN)(c2ccc(-c3cccn3C)nc2)CC1. The Bertz CT molecular complexity index is 1280. The van der Waals surface area contributed by atoms with Gasteiger partial charge in [0.05, 0.1) is 23.4 Å². The topological polar surface area (TPSA) is 80.5 Å². The van der Waals surface area contributed by atoms with Crippen LogP contribution in [-0.2, 0) is 23.4 Å². The molecule has 1 aliphatic rings. The molecule has 3 N–H and O–H groups in total. The van der Waals surface area contributed by atoms with Gasteiger partial charge in [-0.2, -0.15) is 13.2 Å². The minimum atomic E-state index is -4.52. The maximum absolute atomic E-state index is 13.5. The predicted molar refractivity (Wildman–Crippen MR) is 136 cm³/mol. The standard InChI is InChI=1S/C27H29F3N6O/c1-32-22-17-19(27(28,29)30)7-9-24(22)36-15-10-26(11-16-36,25(37)33-13-4-12-31)20-6-8-21(34-18-20)23-5-3-14-35(23)2/h3,5-9,14,17-18H,4,10-13,15-16,31H2,2H3,(H,33,37). The highest BCUT2D eigenvalue weighted by atomic mass is 19.4. The first kappa shape index (κ1) is 26.2. The molecule has 0 aliphatic carbocycles. The van der Waals surface area contributed by atoms with E-state index in [9.17, 15) is 18.0 Å². The minimum absolute atomic E-state index is 0.0525. The number of aromatic nitrogens is 2. The number of nitrogens with zero attached hydrogens (tertiary/aromatic N) is 4. The second-order valence-electron chi connectivity index (χ2n) is 9.22.